The fourth-order valence-electron chi connectivity index (χ4n) is 6.19. The molecule has 1 aromatic carbocycles. The third-order valence-corrected chi connectivity index (χ3v) is 8.19. The summed E-state index contributed by atoms with van der Waals surface area (Å²) in [6.45, 7) is 2.05. The van der Waals surface area contributed by atoms with E-state index < -0.39 is 18.1 Å². The lowest BCUT2D eigenvalue weighted by atomic mass is 9.86. The Morgan fingerprint density at radius 1 is 1.19 bits per heavy atom. The molecule has 3 aliphatic rings. The standard InChI is InChI=1S/C27H33F3N4O3/c1-17-12-23(34(25(35)27(28,29)30)15-18-4-6-20(36-2)7-5-18)22(33-17)16-37-21-8-9-26(14-19(26)13-21)24-31-10-3-11-32-24/h3-7,10-11,17,19,21-23,33H,8-9,12-16H2,1-2H3/t17-,19?,21?,22+,23+,26?/m1/s1. The van der Waals surface area contributed by atoms with Crippen molar-refractivity contribution in [2.24, 2.45) is 5.92 Å². The van der Waals surface area contributed by atoms with E-state index in [4.69, 9.17) is 9.47 Å². The van der Waals surface area contributed by atoms with Crippen molar-refractivity contribution in [1.29, 1.82) is 0 Å². The molecule has 0 bridgehead atoms. The van der Waals surface area contributed by atoms with E-state index in [2.05, 4.69) is 15.3 Å². The van der Waals surface area contributed by atoms with Gasteiger partial charge < -0.3 is 19.7 Å². The van der Waals surface area contributed by atoms with Gasteiger partial charge in [-0.1, -0.05) is 12.1 Å². The van der Waals surface area contributed by atoms with Crippen molar-refractivity contribution in [1.82, 2.24) is 20.2 Å². The predicted octanol–water partition coefficient (Wildman–Crippen LogP) is 4.02. The van der Waals surface area contributed by atoms with E-state index in [1.165, 1.54) is 7.11 Å². The second kappa shape index (κ2) is 10.2. The molecule has 1 amide bonds. The van der Waals surface area contributed by atoms with Gasteiger partial charge in [-0.15, -0.1) is 0 Å². The van der Waals surface area contributed by atoms with Gasteiger partial charge in [-0.3, -0.25) is 4.79 Å². The maximum absolute atomic E-state index is 13.6. The highest BCUT2D eigenvalue weighted by Crippen LogP contribution is 2.61. The normalized spacial score (nSPS) is 31.0. The average molecular weight is 519 g/mol. The zero-order valence-electron chi connectivity index (χ0n) is 21.1. The molecule has 2 aromatic rings. The number of hydrogen-bond acceptors (Lipinski definition) is 6. The van der Waals surface area contributed by atoms with Crippen molar-refractivity contribution in [3.8, 4) is 5.75 Å². The minimum absolute atomic E-state index is 0.0318. The first-order valence-corrected chi connectivity index (χ1v) is 12.9. The fraction of sp³-hybridized carbons (Fsp3) is 0.593. The van der Waals surface area contributed by atoms with E-state index in [9.17, 15) is 18.0 Å². The number of hydrogen-bond donors (Lipinski definition) is 1. The molecule has 0 radical (unpaired) electrons. The van der Waals surface area contributed by atoms with Crippen molar-refractivity contribution in [3.05, 3.63) is 54.1 Å². The highest BCUT2D eigenvalue weighted by atomic mass is 19.4. The maximum Gasteiger partial charge on any atom is 0.471 e. The number of amides is 1. The number of aromatic nitrogens is 2. The van der Waals surface area contributed by atoms with Gasteiger partial charge in [-0.25, -0.2) is 9.97 Å². The number of fused-ring (bicyclic) bond motifs is 1. The van der Waals surface area contributed by atoms with E-state index in [0.29, 0.717) is 23.7 Å². The molecule has 2 aliphatic carbocycles. The zero-order chi connectivity index (χ0) is 26.2. The lowest BCUT2D eigenvalue weighted by Gasteiger charge is -2.34. The van der Waals surface area contributed by atoms with Crippen molar-refractivity contribution < 1.29 is 27.4 Å². The SMILES string of the molecule is COc1ccc(CN(C(=O)C(F)(F)F)[C@H]2C[C@@H](C)N[C@H]2COC2CCC3(c4ncccn4)CC3C2)cc1. The molecule has 2 heterocycles. The minimum atomic E-state index is -4.96. The number of benzene rings is 1. The van der Waals surface area contributed by atoms with Gasteiger partial charge in [-0.2, -0.15) is 13.2 Å². The Kier molecular flexibility index (Phi) is 7.15. The van der Waals surface area contributed by atoms with Gasteiger partial charge in [0.1, 0.15) is 11.6 Å². The number of ether oxygens (including phenoxy) is 2. The number of methoxy groups -OCH3 is 1. The van der Waals surface area contributed by atoms with E-state index in [0.717, 1.165) is 36.4 Å². The summed E-state index contributed by atoms with van der Waals surface area (Å²) in [4.78, 5) is 22.5. The van der Waals surface area contributed by atoms with Crippen LogP contribution in [0.2, 0.25) is 0 Å². The number of carbonyl (C=O) groups is 1. The van der Waals surface area contributed by atoms with Crippen molar-refractivity contribution >= 4 is 5.91 Å². The van der Waals surface area contributed by atoms with Gasteiger partial charge in [0.05, 0.1) is 31.9 Å². The summed E-state index contributed by atoms with van der Waals surface area (Å²) >= 11 is 0. The molecule has 3 unspecified atom stereocenters. The third kappa shape index (κ3) is 5.45. The summed E-state index contributed by atoms with van der Waals surface area (Å²) in [5, 5.41) is 3.36. The topological polar surface area (TPSA) is 76.6 Å². The molecule has 2 saturated carbocycles. The number of rotatable bonds is 8. The van der Waals surface area contributed by atoms with Gasteiger partial charge in [0.25, 0.3) is 0 Å². The largest absolute Gasteiger partial charge is 0.497 e. The maximum atomic E-state index is 13.6. The van der Waals surface area contributed by atoms with Crippen LogP contribution in [0.15, 0.2) is 42.7 Å². The van der Waals surface area contributed by atoms with Crippen molar-refractivity contribution in [3.63, 3.8) is 0 Å². The predicted molar refractivity (Wildman–Crippen MR) is 130 cm³/mol. The molecule has 1 aromatic heterocycles. The van der Waals surface area contributed by atoms with Crippen LogP contribution in [0.25, 0.3) is 0 Å². The molecule has 200 valence electrons. The lowest BCUT2D eigenvalue weighted by molar-refractivity contribution is -0.189. The van der Waals surface area contributed by atoms with Crippen LogP contribution in [0.4, 0.5) is 13.2 Å². The molecule has 6 atom stereocenters. The Balaban J connectivity index is 1.25. The first-order valence-electron chi connectivity index (χ1n) is 12.9. The Morgan fingerprint density at radius 3 is 2.57 bits per heavy atom. The fourth-order valence-corrected chi connectivity index (χ4v) is 6.19. The molecule has 3 fully saturated rings. The lowest BCUT2D eigenvalue weighted by Crippen LogP contribution is -2.52. The Labute approximate surface area is 214 Å². The summed E-state index contributed by atoms with van der Waals surface area (Å²) in [6.07, 6.45) is 2.81. The highest BCUT2D eigenvalue weighted by Gasteiger charge is 2.60. The molecular weight excluding hydrogens is 485 g/mol. The average Bonchev–Trinajstić information content (AvgIpc) is 3.52. The third-order valence-electron chi connectivity index (χ3n) is 8.19. The van der Waals surface area contributed by atoms with Crippen molar-refractivity contribution in [2.75, 3.05) is 13.7 Å². The minimum Gasteiger partial charge on any atom is -0.497 e. The Hall–Kier alpha value is -2.72. The van der Waals surface area contributed by atoms with E-state index in [-0.39, 0.29) is 36.8 Å². The number of alkyl halides is 3. The first-order chi connectivity index (χ1) is 17.7. The Bertz CT molecular complexity index is 1080. The quantitative estimate of drug-likeness (QED) is 0.569. The highest BCUT2D eigenvalue weighted by molar-refractivity contribution is 5.82. The smallest absolute Gasteiger partial charge is 0.471 e. The molecule has 1 saturated heterocycles. The summed E-state index contributed by atoms with van der Waals surface area (Å²) in [6, 6.07) is 7.51. The number of nitrogens with zero attached hydrogens (tertiary/aromatic N) is 3. The van der Waals surface area contributed by atoms with Crippen LogP contribution in [-0.2, 0) is 21.5 Å². The second-order valence-corrected chi connectivity index (χ2v) is 10.6. The van der Waals surface area contributed by atoms with Gasteiger partial charge in [-0.05, 0) is 68.7 Å². The van der Waals surface area contributed by atoms with Gasteiger partial charge in [0.2, 0.25) is 0 Å². The summed E-state index contributed by atoms with van der Waals surface area (Å²) in [5.41, 5.74) is 0.663. The monoisotopic (exact) mass is 518 g/mol. The number of carbonyl (C=O) groups excluding carboxylic acids is 1. The molecule has 7 nitrogen and oxygen atoms in total. The Morgan fingerprint density at radius 2 is 1.92 bits per heavy atom. The molecule has 10 heteroatoms. The molecule has 5 rings (SSSR count). The van der Waals surface area contributed by atoms with Crippen molar-refractivity contribution in [2.45, 2.75) is 81.4 Å². The van der Waals surface area contributed by atoms with E-state index >= 15 is 0 Å². The van der Waals surface area contributed by atoms with Crippen LogP contribution in [0.3, 0.4) is 0 Å². The molecule has 0 spiro atoms. The van der Waals surface area contributed by atoms with Crippen LogP contribution in [0.5, 0.6) is 5.75 Å². The number of halogens is 3. The van der Waals surface area contributed by atoms with Crippen LogP contribution in [0.1, 0.15) is 50.4 Å². The molecule has 1 aliphatic heterocycles. The second-order valence-electron chi connectivity index (χ2n) is 10.6. The van der Waals surface area contributed by atoms with Crippen LogP contribution >= 0.6 is 0 Å². The summed E-state index contributed by atoms with van der Waals surface area (Å²) in [5.74, 6) is 0.159. The molecule has 1 N–H and O–H groups in total. The van der Waals surface area contributed by atoms with E-state index in [1.807, 2.05) is 13.0 Å². The van der Waals surface area contributed by atoms with Gasteiger partial charge >= 0.3 is 12.1 Å². The summed E-state index contributed by atoms with van der Waals surface area (Å²) in [7, 11) is 1.52. The molecule has 37 heavy (non-hydrogen) atoms. The zero-order valence-corrected chi connectivity index (χ0v) is 21.1. The van der Waals surface area contributed by atoms with Crippen LogP contribution < -0.4 is 10.1 Å². The molecular formula is C27H33F3N4O3. The van der Waals surface area contributed by atoms with Gasteiger partial charge in [0.15, 0.2) is 0 Å². The van der Waals surface area contributed by atoms with Crippen LogP contribution in [-0.4, -0.2) is 64.9 Å². The van der Waals surface area contributed by atoms with Crippen LogP contribution in [0, 0.1) is 5.92 Å². The number of nitrogens with one attached hydrogen (secondary N) is 1. The summed E-state index contributed by atoms with van der Waals surface area (Å²) < 4.78 is 52.3. The van der Waals surface area contributed by atoms with E-state index in [1.54, 1.807) is 36.7 Å². The first kappa shape index (κ1) is 25.9. The van der Waals surface area contributed by atoms with Gasteiger partial charge in [0, 0.05) is 30.4 Å².